The molecule has 5 N–H and O–H groups in total. The number of amides is 1. The lowest BCUT2D eigenvalue weighted by atomic mass is 10.1. The first-order chi connectivity index (χ1) is 16.3. The number of primary amides is 1. The first-order valence-corrected chi connectivity index (χ1v) is 11.1. The predicted molar refractivity (Wildman–Crippen MR) is 130 cm³/mol. The van der Waals surface area contributed by atoms with E-state index in [0.717, 1.165) is 30.5 Å². The van der Waals surface area contributed by atoms with Crippen molar-refractivity contribution in [3.63, 3.8) is 0 Å². The lowest BCUT2D eigenvalue weighted by Crippen LogP contribution is -2.54. The molecule has 2 unspecified atom stereocenters. The van der Waals surface area contributed by atoms with Crippen LogP contribution in [0.15, 0.2) is 54.7 Å². The molecule has 2 atom stereocenters. The van der Waals surface area contributed by atoms with Gasteiger partial charge < -0.3 is 26.6 Å². The summed E-state index contributed by atoms with van der Waals surface area (Å²) in [7, 11) is 0. The summed E-state index contributed by atoms with van der Waals surface area (Å²) in [6, 6.07) is 13.7. The van der Waals surface area contributed by atoms with E-state index in [0.29, 0.717) is 29.2 Å². The number of hydrogen-bond donors (Lipinski definition) is 4. The zero-order chi connectivity index (χ0) is 24.2. The lowest BCUT2D eigenvalue weighted by Gasteiger charge is -2.37. The van der Waals surface area contributed by atoms with Gasteiger partial charge in [0, 0.05) is 61.4 Å². The Morgan fingerprint density at radius 2 is 1.82 bits per heavy atom. The number of nitrogens with one attached hydrogen (secondary N) is 3. The maximum Gasteiger partial charge on any atom is 0.252 e. The zero-order valence-corrected chi connectivity index (χ0v) is 19.1. The molecular weight excluding hydrogens is 438 g/mol. The molecule has 178 valence electrons. The number of nitrogens with two attached hydrogens (primary N) is 1. The lowest BCUT2D eigenvalue weighted by molar-refractivity contribution is 0.100. The van der Waals surface area contributed by atoms with Crippen LogP contribution >= 0.6 is 0 Å². The van der Waals surface area contributed by atoms with Crippen LogP contribution < -0.4 is 26.6 Å². The number of piperazine rings is 1. The highest BCUT2D eigenvalue weighted by Crippen LogP contribution is 2.26. The molecule has 2 aromatic carbocycles. The second-order valence-corrected chi connectivity index (χ2v) is 8.66. The minimum Gasteiger partial charge on any atom is -0.380 e. The van der Waals surface area contributed by atoms with E-state index in [4.69, 9.17) is 5.73 Å². The highest BCUT2D eigenvalue weighted by molar-refractivity contribution is 5.98. The number of carbonyl (C=O) groups excluding carboxylic acids is 1. The third-order valence-electron chi connectivity index (χ3n) is 5.62. The third-order valence-corrected chi connectivity index (χ3v) is 5.62. The molecule has 1 fully saturated rings. The van der Waals surface area contributed by atoms with Crippen LogP contribution in [0.2, 0.25) is 0 Å². The van der Waals surface area contributed by atoms with Crippen molar-refractivity contribution >= 4 is 28.8 Å². The number of benzene rings is 2. The smallest absolute Gasteiger partial charge is 0.252 e. The number of anilines is 4. The van der Waals surface area contributed by atoms with Crippen molar-refractivity contribution in [2.45, 2.75) is 32.5 Å². The topological polar surface area (TPSA) is 95.3 Å². The monoisotopic (exact) mass is 466 g/mol. The summed E-state index contributed by atoms with van der Waals surface area (Å²) < 4.78 is 27.0. The summed E-state index contributed by atoms with van der Waals surface area (Å²) in [6.07, 6.45) is 1.38. The van der Waals surface area contributed by atoms with Crippen molar-refractivity contribution in [1.29, 1.82) is 0 Å². The molecule has 2 heterocycles. The van der Waals surface area contributed by atoms with Crippen LogP contribution in [0.25, 0.3) is 0 Å². The van der Waals surface area contributed by atoms with Gasteiger partial charge in [0.2, 0.25) is 0 Å². The van der Waals surface area contributed by atoms with Crippen LogP contribution in [0.5, 0.6) is 0 Å². The van der Waals surface area contributed by atoms with Crippen molar-refractivity contribution in [2.24, 2.45) is 5.73 Å². The van der Waals surface area contributed by atoms with Gasteiger partial charge in [0.1, 0.15) is 17.5 Å². The Balaban J connectivity index is 1.53. The van der Waals surface area contributed by atoms with Gasteiger partial charge in [0.05, 0.1) is 11.3 Å². The molecule has 0 bridgehead atoms. The van der Waals surface area contributed by atoms with Crippen LogP contribution in [0, 0.1) is 11.6 Å². The SMILES string of the molecule is CC1CN(c2cccc(Nc3cc(NCc4cc(F)cc(F)c4)c(C(N)=O)cn3)c2)CC(C)N1. The molecule has 0 radical (unpaired) electrons. The first kappa shape index (κ1) is 23.4. The molecule has 0 aliphatic carbocycles. The molecule has 0 saturated carbocycles. The van der Waals surface area contributed by atoms with Gasteiger partial charge in [-0.05, 0) is 49.7 Å². The molecule has 0 spiro atoms. The largest absolute Gasteiger partial charge is 0.380 e. The van der Waals surface area contributed by atoms with Crippen molar-refractivity contribution in [3.8, 4) is 0 Å². The van der Waals surface area contributed by atoms with Gasteiger partial charge in [-0.25, -0.2) is 13.8 Å². The average Bonchev–Trinajstić information content (AvgIpc) is 2.76. The molecule has 9 heteroatoms. The van der Waals surface area contributed by atoms with E-state index in [1.165, 1.54) is 18.3 Å². The fraction of sp³-hybridized carbons (Fsp3) is 0.280. The van der Waals surface area contributed by atoms with Crippen molar-refractivity contribution < 1.29 is 13.6 Å². The Bertz CT molecular complexity index is 1160. The molecule has 1 aliphatic heterocycles. The minimum absolute atomic E-state index is 0.104. The highest BCUT2D eigenvalue weighted by Gasteiger charge is 2.21. The van der Waals surface area contributed by atoms with Crippen LogP contribution in [0.1, 0.15) is 29.8 Å². The van der Waals surface area contributed by atoms with E-state index in [1.54, 1.807) is 6.07 Å². The number of nitrogens with zero attached hydrogens (tertiary/aromatic N) is 2. The first-order valence-electron chi connectivity index (χ1n) is 11.1. The molecule has 4 rings (SSSR count). The molecule has 1 aliphatic rings. The summed E-state index contributed by atoms with van der Waals surface area (Å²) in [5.74, 6) is -1.50. The van der Waals surface area contributed by atoms with Crippen LogP contribution in [-0.2, 0) is 6.54 Å². The summed E-state index contributed by atoms with van der Waals surface area (Å²) in [4.78, 5) is 18.5. The van der Waals surface area contributed by atoms with Crippen molar-refractivity contribution in [1.82, 2.24) is 10.3 Å². The van der Waals surface area contributed by atoms with E-state index >= 15 is 0 Å². The van der Waals surface area contributed by atoms with Gasteiger partial charge in [0.25, 0.3) is 5.91 Å². The number of aromatic nitrogens is 1. The average molecular weight is 467 g/mol. The number of halogens is 2. The molecular formula is C25H28F2N6O. The number of hydrogen-bond acceptors (Lipinski definition) is 6. The van der Waals surface area contributed by atoms with E-state index in [9.17, 15) is 13.6 Å². The Kier molecular flexibility index (Phi) is 6.93. The standard InChI is InChI=1S/C25H28F2N6O/c1-15-13-33(14-16(2)31-15)21-5-3-4-20(9-21)32-24-10-23(22(12-30-24)25(28)34)29-11-17-6-18(26)8-19(27)7-17/h3-10,12,15-16,31H,11,13-14H2,1-2H3,(H2,28,34)(H2,29,30,32). The Morgan fingerprint density at radius 1 is 1.12 bits per heavy atom. The number of carbonyl (C=O) groups is 1. The second kappa shape index (κ2) is 10.0. The fourth-order valence-electron chi connectivity index (χ4n) is 4.24. The predicted octanol–water partition coefficient (Wildman–Crippen LogP) is 4.00. The fourth-order valence-corrected chi connectivity index (χ4v) is 4.24. The summed E-state index contributed by atoms with van der Waals surface area (Å²) in [5, 5.41) is 9.83. The van der Waals surface area contributed by atoms with Gasteiger partial charge in [0.15, 0.2) is 0 Å². The molecule has 34 heavy (non-hydrogen) atoms. The van der Waals surface area contributed by atoms with Crippen molar-refractivity contribution in [3.05, 3.63) is 77.5 Å². The summed E-state index contributed by atoms with van der Waals surface area (Å²) in [5.41, 5.74) is 8.42. The highest BCUT2D eigenvalue weighted by atomic mass is 19.1. The summed E-state index contributed by atoms with van der Waals surface area (Å²) in [6.45, 7) is 6.26. The molecule has 3 aromatic rings. The zero-order valence-electron chi connectivity index (χ0n) is 19.1. The van der Waals surface area contributed by atoms with E-state index < -0.39 is 17.5 Å². The number of rotatable bonds is 7. The normalized spacial score (nSPS) is 17.9. The third kappa shape index (κ3) is 5.79. The van der Waals surface area contributed by atoms with E-state index in [1.807, 2.05) is 12.1 Å². The molecule has 1 amide bonds. The second-order valence-electron chi connectivity index (χ2n) is 8.66. The van der Waals surface area contributed by atoms with Gasteiger partial charge in [-0.2, -0.15) is 0 Å². The van der Waals surface area contributed by atoms with Crippen LogP contribution in [0.4, 0.5) is 31.7 Å². The Hall–Kier alpha value is -3.72. The Labute approximate surface area is 197 Å². The van der Waals surface area contributed by atoms with Gasteiger partial charge in [-0.15, -0.1) is 0 Å². The minimum atomic E-state index is -0.669. The maximum atomic E-state index is 13.5. The Morgan fingerprint density at radius 3 is 2.50 bits per heavy atom. The number of pyridine rings is 1. The van der Waals surface area contributed by atoms with Gasteiger partial charge in [-0.1, -0.05) is 6.07 Å². The van der Waals surface area contributed by atoms with Gasteiger partial charge in [-0.3, -0.25) is 4.79 Å². The van der Waals surface area contributed by atoms with Gasteiger partial charge >= 0.3 is 0 Å². The molecule has 1 aromatic heterocycles. The van der Waals surface area contributed by atoms with E-state index in [2.05, 4.69) is 51.8 Å². The maximum absolute atomic E-state index is 13.5. The summed E-state index contributed by atoms with van der Waals surface area (Å²) >= 11 is 0. The quantitative estimate of drug-likeness (QED) is 0.421. The molecule has 7 nitrogen and oxygen atoms in total. The molecule has 1 saturated heterocycles. The van der Waals surface area contributed by atoms with Crippen molar-refractivity contribution in [2.75, 3.05) is 28.6 Å². The van der Waals surface area contributed by atoms with Crippen LogP contribution in [0.3, 0.4) is 0 Å². The van der Waals surface area contributed by atoms with Crippen LogP contribution in [-0.4, -0.2) is 36.1 Å². The van der Waals surface area contributed by atoms with E-state index in [-0.39, 0.29) is 12.1 Å².